The second-order valence-corrected chi connectivity index (χ2v) is 29.4. The molecule has 22 rings (SSSR count). The second-order valence-electron chi connectivity index (χ2n) is 29.4. The third kappa shape index (κ3) is 8.36. The predicted molar refractivity (Wildman–Crippen MR) is 434 cm³/mol. The lowest BCUT2D eigenvalue weighted by atomic mass is 9.27. The summed E-state index contributed by atoms with van der Waals surface area (Å²) < 4.78 is 8.07. The van der Waals surface area contributed by atoms with E-state index in [1.54, 1.807) is 0 Å². The molecule has 0 unspecified atom stereocenters. The van der Waals surface area contributed by atoms with Crippen molar-refractivity contribution >= 4 is 155 Å². The highest BCUT2D eigenvalue weighted by atomic mass is 16.5. The number of benzene rings is 15. The molecule has 7 aliphatic heterocycles. The molecule has 7 heterocycles. The Balaban J connectivity index is 0.895. The summed E-state index contributed by atoms with van der Waals surface area (Å²) in [6.45, 7) is 6.44. The molecule has 7 aliphatic rings. The molecule has 0 saturated carbocycles. The van der Waals surface area contributed by atoms with Crippen LogP contribution in [0.4, 0.5) is 85.3 Å². The molecule has 0 N–H and O–H groups in total. The summed E-state index contributed by atoms with van der Waals surface area (Å²) in [5, 5.41) is 0. The van der Waals surface area contributed by atoms with Gasteiger partial charge in [-0.25, -0.2) is 0 Å². The summed E-state index contributed by atoms with van der Waals surface area (Å²) in [5.74, 6) is 1.73. The topological polar surface area (TPSA) is 25.4 Å². The van der Waals surface area contributed by atoms with Gasteiger partial charge in [0.05, 0.1) is 11.4 Å². The third-order valence-electron chi connectivity index (χ3n) is 22.9. The quantitative estimate of drug-likeness (QED) is 0.141. The van der Waals surface area contributed by atoms with Gasteiger partial charge in [-0.3, -0.25) is 0 Å². The molecule has 0 fully saturated rings. The van der Waals surface area contributed by atoms with Crippen molar-refractivity contribution in [2.45, 2.75) is 26.2 Å². The molecule has 0 atom stereocenters. The smallest absolute Gasteiger partial charge is 0.252 e. The highest BCUT2D eigenvalue weighted by Crippen LogP contribution is 2.60. The van der Waals surface area contributed by atoms with Gasteiger partial charge in [0.15, 0.2) is 11.5 Å². The standard InChI is InChI=1S/C94H64B3N5O/c1-94(2,3)65-54-82-86-83(55-65)100(68-40-24-10-25-41-68)80-57-81-77(56-76(80)96(86)73-49-45-64(60-30-14-5-15-31-60)53-79(73)98(82)66-36-20-8-21-37-66)97-75-51-47-71(62-34-18-7-19-35-62)93-90(75)102-89-74(50-46-70(92(89)103-93)61-32-16-6-17-33-61)95-72-48-44-63(59-28-12-4-13-29-59)52-78(72)99(67-38-22-9-23-39-67)84-58-85(88(97)91(102)87(84)95)101(81)69-42-26-11-27-43-69/h4-58H,1-3H3. The second kappa shape index (κ2) is 21.9. The summed E-state index contributed by atoms with van der Waals surface area (Å²) in [6, 6.07) is 125. The molecule has 15 aromatic rings. The number of para-hydroxylation sites is 4. The van der Waals surface area contributed by atoms with Crippen molar-refractivity contribution in [1.29, 1.82) is 0 Å². The maximum atomic E-state index is 8.07. The van der Waals surface area contributed by atoms with Crippen molar-refractivity contribution in [3.63, 3.8) is 0 Å². The lowest BCUT2D eigenvalue weighted by Gasteiger charge is -2.53. The van der Waals surface area contributed by atoms with Gasteiger partial charge < -0.3 is 29.2 Å². The Morgan fingerprint density at radius 1 is 0.233 bits per heavy atom. The molecule has 0 radical (unpaired) electrons. The van der Waals surface area contributed by atoms with E-state index < -0.39 is 0 Å². The average molecular weight is 1310 g/mol. The Morgan fingerprint density at radius 2 is 0.544 bits per heavy atom. The first-order chi connectivity index (χ1) is 50.8. The molecule has 9 heteroatoms. The van der Waals surface area contributed by atoms with E-state index in [9.17, 15) is 0 Å². The van der Waals surface area contributed by atoms with Crippen LogP contribution >= 0.6 is 0 Å². The van der Waals surface area contributed by atoms with E-state index >= 15 is 0 Å². The van der Waals surface area contributed by atoms with Crippen LogP contribution in [0.3, 0.4) is 0 Å². The van der Waals surface area contributed by atoms with Gasteiger partial charge in [-0.15, -0.1) is 0 Å². The normalized spacial score (nSPS) is 13.9. The van der Waals surface area contributed by atoms with Crippen molar-refractivity contribution < 1.29 is 4.74 Å². The minimum atomic E-state index is -0.277. The van der Waals surface area contributed by atoms with Gasteiger partial charge in [-0.05, 0) is 178 Å². The largest absolute Gasteiger partial charge is 0.452 e. The van der Waals surface area contributed by atoms with Crippen molar-refractivity contribution in [2.75, 3.05) is 24.5 Å². The Bertz CT molecular complexity index is 6040. The molecular formula is C94H64B3N5O. The fraction of sp³-hybridized carbons (Fsp3) is 0.0426. The minimum Gasteiger partial charge on any atom is -0.452 e. The molecule has 15 aromatic carbocycles. The van der Waals surface area contributed by atoms with Crippen LogP contribution in [0.2, 0.25) is 0 Å². The predicted octanol–water partition coefficient (Wildman–Crippen LogP) is 18.5. The highest BCUT2D eigenvalue weighted by molar-refractivity contribution is 7.06. The molecule has 0 amide bonds. The van der Waals surface area contributed by atoms with Crippen molar-refractivity contribution in [2.24, 2.45) is 0 Å². The molecular weight excluding hydrogens is 1250 g/mol. The van der Waals surface area contributed by atoms with Crippen molar-refractivity contribution in [1.82, 2.24) is 0 Å². The van der Waals surface area contributed by atoms with Crippen molar-refractivity contribution in [3.8, 4) is 56.0 Å². The van der Waals surface area contributed by atoms with E-state index in [1.807, 2.05) is 0 Å². The van der Waals surface area contributed by atoms with Crippen LogP contribution in [0, 0.1) is 0 Å². The monoisotopic (exact) mass is 1310 g/mol. The molecule has 0 saturated heterocycles. The average Bonchev–Trinajstić information content (AvgIpc) is 0.656. The Morgan fingerprint density at radius 3 is 0.922 bits per heavy atom. The number of hydrogen-bond donors (Lipinski definition) is 0. The van der Waals surface area contributed by atoms with E-state index in [0.717, 1.165) is 96.3 Å². The first-order valence-corrected chi connectivity index (χ1v) is 36.1. The van der Waals surface area contributed by atoms with E-state index in [-0.39, 0.29) is 25.6 Å². The summed E-state index contributed by atoms with van der Waals surface area (Å²) in [6.07, 6.45) is 0. The molecule has 0 aliphatic carbocycles. The summed E-state index contributed by atoms with van der Waals surface area (Å²) in [5.41, 5.74) is 38.5. The zero-order chi connectivity index (χ0) is 67.9. The maximum Gasteiger partial charge on any atom is 0.252 e. The van der Waals surface area contributed by atoms with Gasteiger partial charge in [0.1, 0.15) is 0 Å². The minimum absolute atomic E-state index is 0.183. The number of anilines is 15. The van der Waals surface area contributed by atoms with Crippen LogP contribution in [-0.4, -0.2) is 20.1 Å². The summed E-state index contributed by atoms with van der Waals surface area (Å²) in [4.78, 5) is 13.1. The van der Waals surface area contributed by atoms with E-state index in [1.165, 1.54) is 99.7 Å². The number of fused-ring (bicyclic) bond motifs is 10. The first kappa shape index (κ1) is 58.1. The van der Waals surface area contributed by atoms with Crippen molar-refractivity contribution in [3.05, 3.63) is 339 Å². The SMILES string of the molecule is CC(C)(C)c1cc2c3c(c1)N(c1ccccc1)c1cc4c(cc1B3c1ccc(-c3ccccc3)cc1N2c1ccccc1)B1c2ccc(-c3ccccc3)c3c2N2c5c(ccc(-c6ccccc6)c5O3)B3c5ccc(-c6ccccc6)cc5N(c5ccccc5)c5cc(c1c2c53)N4c1ccccc1. The van der Waals surface area contributed by atoms with Crippen LogP contribution in [0.1, 0.15) is 26.3 Å². The van der Waals surface area contributed by atoms with Gasteiger partial charge in [-0.1, -0.05) is 269 Å². The molecule has 6 nitrogen and oxygen atoms in total. The van der Waals surface area contributed by atoms with Crippen LogP contribution < -0.4 is 78.4 Å². The maximum absolute atomic E-state index is 8.07. The molecule has 480 valence electrons. The van der Waals surface area contributed by atoms with Crippen LogP contribution in [-0.2, 0) is 5.41 Å². The lowest BCUT2D eigenvalue weighted by molar-refractivity contribution is 0.481. The molecule has 103 heavy (non-hydrogen) atoms. The Labute approximate surface area is 601 Å². The number of hydrogen-bond acceptors (Lipinski definition) is 6. The number of ether oxygens (including phenoxy) is 1. The molecule has 0 spiro atoms. The molecule has 0 aromatic heterocycles. The zero-order valence-electron chi connectivity index (χ0n) is 57.1. The van der Waals surface area contributed by atoms with E-state index in [2.05, 4.69) is 379 Å². The fourth-order valence-corrected chi connectivity index (χ4v) is 18.4. The van der Waals surface area contributed by atoms with Gasteiger partial charge in [-0.2, -0.15) is 0 Å². The Kier molecular flexibility index (Phi) is 12.4. The Hall–Kier alpha value is -12.7. The third-order valence-corrected chi connectivity index (χ3v) is 22.9. The van der Waals surface area contributed by atoms with Crippen LogP contribution in [0.15, 0.2) is 334 Å². The van der Waals surface area contributed by atoms with Crippen LogP contribution in [0.5, 0.6) is 11.5 Å². The summed E-state index contributed by atoms with van der Waals surface area (Å²) in [7, 11) is 0. The first-order valence-electron chi connectivity index (χ1n) is 36.1. The van der Waals surface area contributed by atoms with Gasteiger partial charge in [0.25, 0.3) is 20.1 Å². The van der Waals surface area contributed by atoms with Gasteiger partial charge in [0, 0.05) is 85.1 Å². The van der Waals surface area contributed by atoms with Gasteiger partial charge in [0.2, 0.25) is 0 Å². The number of rotatable bonds is 8. The van der Waals surface area contributed by atoms with Crippen LogP contribution in [0.25, 0.3) is 44.5 Å². The highest BCUT2D eigenvalue weighted by Gasteiger charge is 2.56. The van der Waals surface area contributed by atoms with E-state index in [4.69, 9.17) is 4.74 Å². The van der Waals surface area contributed by atoms with Gasteiger partial charge >= 0.3 is 0 Å². The van der Waals surface area contributed by atoms with E-state index in [0.29, 0.717) is 0 Å². The summed E-state index contributed by atoms with van der Waals surface area (Å²) >= 11 is 0. The lowest BCUT2D eigenvalue weighted by Crippen LogP contribution is -2.69. The fourth-order valence-electron chi connectivity index (χ4n) is 18.4. The molecule has 0 bridgehead atoms. The zero-order valence-corrected chi connectivity index (χ0v) is 57.1. The number of nitrogens with zero attached hydrogens (tertiary/aromatic N) is 5.